The van der Waals surface area contributed by atoms with Crippen LogP contribution in [0, 0.1) is 6.92 Å². The predicted octanol–water partition coefficient (Wildman–Crippen LogP) is 1.83. The molecule has 0 radical (unpaired) electrons. The molecule has 2 aromatic carbocycles. The molecule has 1 N–H and O–H groups in total. The number of aryl methyl sites for hydroxylation is 1. The van der Waals surface area contributed by atoms with Crippen molar-refractivity contribution in [2.24, 2.45) is 0 Å². The Morgan fingerprint density at radius 1 is 0.970 bits per heavy atom. The van der Waals surface area contributed by atoms with Gasteiger partial charge in [0.1, 0.15) is 0 Å². The van der Waals surface area contributed by atoms with Crippen molar-refractivity contribution in [3.05, 3.63) is 71.3 Å². The van der Waals surface area contributed by atoms with Gasteiger partial charge in [-0.05, 0) is 30.0 Å². The highest BCUT2D eigenvalue weighted by molar-refractivity contribution is 7.88. The molecular formula is C25H34N4O3S. The Hall–Kier alpha value is -2.26. The number of sulfonamides is 1. The second kappa shape index (κ2) is 10.8. The van der Waals surface area contributed by atoms with Crippen LogP contribution in [-0.4, -0.2) is 80.3 Å². The van der Waals surface area contributed by atoms with Crippen molar-refractivity contribution in [1.82, 2.24) is 19.4 Å². The predicted molar refractivity (Wildman–Crippen MR) is 130 cm³/mol. The number of carbonyl (C=O) groups excluding carboxylic acids is 1. The molecule has 0 aromatic heterocycles. The van der Waals surface area contributed by atoms with E-state index in [4.69, 9.17) is 0 Å². The molecule has 33 heavy (non-hydrogen) atoms. The minimum Gasteiger partial charge on any atom is -0.339 e. The molecular weight excluding hydrogens is 436 g/mol. The zero-order valence-corrected chi connectivity index (χ0v) is 20.1. The number of nitrogens with zero attached hydrogens (tertiary/aromatic N) is 3. The van der Waals surface area contributed by atoms with Gasteiger partial charge in [0.15, 0.2) is 0 Å². The van der Waals surface area contributed by atoms with Crippen LogP contribution in [0.2, 0.25) is 0 Å². The molecule has 0 bridgehead atoms. The molecule has 2 aliphatic rings. The first kappa shape index (κ1) is 23.9. The quantitative estimate of drug-likeness (QED) is 0.637. The summed E-state index contributed by atoms with van der Waals surface area (Å²) < 4.78 is 27.0. The lowest BCUT2D eigenvalue weighted by Crippen LogP contribution is -2.51. The molecule has 1 amide bonds. The Kier molecular flexibility index (Phi) is 7.80. The number of rotatable bonds is 8. The first-order chi connectivity index (χ1) is 15.9. The summed E-state index contributed by atoms with van der Waals surface area (Å²) in [5, 5.41) is 3.29. The maximum atomic E-state index is 12.7. The van der Waals surface area contributed by atoms with Gasteiger partial charge in [0, 0.05) is 51.9 Å². The molecule has 2 saturated heterocycles. The van der Waals surface area contributed by atoms with E-state index in [9.17, 15) is 13.2 Å². The van der Waals surface area contributed by atoms with E-state index in [1.54, 1.807) is 4.31 Å². The number of hydrogen-bond acceptors (Lipinski definition) is 5. The first-order valence-electron chi connectivity index (χ1n) is 11.7. The lowest BCUT2D eigenvalue weighted by atomic mass is 10.1. The fourth-order valence-electron chi connectivity index (χ4n) is 4.55. The number of carbonyl (C=O) groups is 1. The van der Waals surface area contributed by atoms with Gasteiger partial charge in [-0.2, -0.15) is 0 Å². The second-order valence-corrected chi connectivity index (χ2v) is 11.0. The summed E-state index contributed by atoms with van der Waals surface area (Å²) >= 11 is 0. The van der Waals surface area contributed by atoms with Crippen LogP contribution in [0.1, 0.15) is 23.1 Å². The van der Waals surface area contributed by atoms with Crippen molar-refractivity contribution in [3.63, 3.8) is 0 Å². The number of nitrogens with one attached hydrogen (secondary N) is 1. The Balaban J connectivity index is 1.19. The van der Waals surface area contributed by atoms with E-state index in [1.807, 2.05) is 35.2 Å². The third kappa shape index (κ3) is 6.41. The molecule has 7 nitrogen and oxygen atoms in total. The van der Waals surface area contributed by atoms with E-state index in [2.05, 4.69) is 41.4 Å². The molecule has 2 aromatic rings. The average molecular weight is 471 g/mol. The standard InChI is InChI=1S/C25H34N4O3S/c1-21-7-5-6-10-23(21)18-27-13-15-28(16-14-27)25(30)17-26-24-11-12-29(19-24)33(31,32)20-22-8-3-2-4-9-22/h2-10,24,26H,11-20H2,1H3/t24-/m0/s1. The average Bonchev–Trinajstić information content (AvgIpc) is 3.30. The highest BCUT2D eigenvalue weighted by atomic mass is 32.2. The Labute approximate surface area is 197 Å². The lowest BCUT2D eigenvalue weighted by molar-refractivity contribution is -0.132. The zero-order valence-electron chi connectivity index (χ0n) is 19.3. The molecule has 2 aliphatic heterocycles. The van der Waals surface area contributed by atoms with Crippen LogP contribution in [0.15, 0.2) is 54.6 Å². The minimum atomic E-state index is -3.35. The van der Waals surface area contributed by atoms with Crippen LogP contribution < -0.4 is 5.32 Å². The molecule has 2 heterocycles. The van der Waals surface area contributed by atoms with E-state index in [-0.39, 0.29) is 24.2 Å². The van der Waals surface area contributed by atoms with Gasteiger partial charge in [0.2, 0.25) is 15.9 Å². The monoisotopic (exact) mass is 470 g/mol. The third-order valence-electron chi connectivity index (χ3n) is 6.66. The van der Waals surface area contributed by atoms with E-state index in [0.717, 1.165) is 44.7 Å². The van der Waals surface area contributed by atoms with Crippen LogP contribution in [0.4, 0.5) is 0 Å². The van der Waals surface area contributed by atoms with Crippen molar-refractivity contribution in [2.75, 3.05) is 45.8 Å². The number of piperazine rings is 1. The fraction of sp³-hybridized carbons (Fsp3) is 0.480. The van der Waals surface area contributed by atoms with Crippen LogP contribution in [0.5, 0.6) is 0 Å². The Morgan fingerprint density at radius 3 is 2.39 bits per heavy atom. The Morgan fingerprint density at radius 2 is 1.67 bits per heavy atom. The topological polar surface area (TPSA) is 73.0 Å². The summed E-state index contributed by atoms with van der Waals surface area (Å²) in [6.07, 6.45) is 0.728. The van der Waals surface area contributed by atoms with Gasteiger partial charge < -0.3 is 10.2 Å². The first-order valence-corrected chi connectivity index (χ1v) is 13.3. The number of amides is 1. The number of hydrogen-bond donors (Lipinski definition) is 1. The summed E-state index contributed by atoms with van der Waals surface area (Å²) in [5.74, 6) is 0.114. The van der Waals surface area contributed by atoms with Gasteiger partial charge in [-0.15, -0.1) is 0 Å². The summed E-state index contributed by atoms with van der Waals surface area (Å²) in [6.45, 7) is 7.44. The normalized spacial score (nSPS) is 20.3. The molecule has 178 valence electrons. The van der Waals surface area contributed by atoms with E-state index in [1.165, 1.54) is 11.1 Å². The van der Waals surface area contributed by atoms with Crippen molar-refractivity contribution < 1.29 is 13.2 Å². The van der Waals surface area contributed by atoms with Crippen LogP contribution in [-0.2, 0) is 27.1 Å². The largest absolute Gasteiger partial charge is 0.339 e. The minimum absolute atomic E-state index is 0.0156. The zero-order chi connectivity index (χ0) is 23.3. The maximum Gasteiger partial charge on any atom is 0.236 e. The molecule has 4 rings (SSSR count). The Bertz CT molecular complexity index is 1040. The van der Waals surface area contributed by atoms with Gasteiger partial charge in [-0.1, -0.05) is 54.6 Å². The molecule has 8 heteroatoms. The summed E-state index contributed by atoms with van der Waals surface area (Å²) in [5.41, 5.74) is 3.44. The van der Waals surface area contributed by atoms with Crippen molar-refractivity contribution in [2.45, 2.75) is 31.7 Å². The molecule has 0 unspecified atom stereocenters. The highest BCUT2D eigenvalue weighted by Crippen LogP contribution is 2.18. The summed E-state index contributed by atoms with van der Waals surface area (Å²) in [4.78, 5) is 17.0. The van der Waals surface area contributed by atoms with Crippen molar-refractivity contribution in [3.8, 4) is 0 Å². The molecule has 0 spiro atoms. The van der Waals surface area contributed by atoms with Crippen LogP contribution in [0.3, 0.4) is 0 Å². The second-order valence-electron chi connectivity index (χ2n) is 9.05. The van der Waals surface area contributed by atoms with Crippen molar-refractivity contribution in [1.29, 1.82) is 0 Å². The van der Waals surface area contributed by atoms with E-state index >= 15 is 0 Å². The fourth-order valence-corrected chi connectivity index (χ4v) is 6.14. The molecule has 1 atom stereocenters. The van der Waals surface area contributed by atoms with Gasteiger partial charge in [0.05, 0.1) is 12.3 Å². The van der Waals surface area contributed by atoms with Crippen LogP contribution in [0.25, 0.3) is 0 Å². The molecule has 0 aliphatic carbocycles. The van der Waals surface area contributed by atoms with Gasteiger partial charge in [-0.25, -0.2) is 12.7 Å². The lowest BCUT2D eigenvalue weighted by Gasteiger charge is -2.35. The maximum absolute atomic E-state index is 12.7. The van der Waals surface area contributed by atoms with Gasteiger partial charge in [0.25, 0.3) is 0 Å². The smallest absolute Gasteiger partial charge is 0.236 e. The van der Waals surface area contributed by atoms with E-state index in [0.29, 0.717) is 13.1 Å². The van der Waals surface area contributed by atoms with Gasteiger partial charge >= 0.3 is 0 Å². The number of benzene rings is 2. The molecule has 2 fully saturated rings. The molecule has 0 saturated carbocycles. The SMILES string of the molecule is Cc1ccccc1CN1CCN(C(=O)CN[C@H]2CCN(S(=O)(=O)Cc3ccccc3)C2)CC1. The third-order valence-corrected chi connectivity index (χ3v) is 8.47. The highest BCUT2D eigenvalue weighted by Gasteiger charge is 2.32. The van der Waals surface area contributed by atoms with Crippen molar-refractivity contribution >= 4 is 15.9 Å². The van der Waals surface area contributed by atoms with Gasteiger partial charge in [-0.3, -0.25) is 9.69 Å². The van der Waals surface area contributed by atoms with E-state index < -0.39 is 10.0 Å². The van der Waals surface area contributed by atoms with Crippen LogP contribution >= 0.6 is 0 Å². The summed E-state index contributed by atoms with van der Waals surface area (Å²) in [6, 6.07) is 17.7. The summed E-state index contributed by atoms with van der Waals surface area (Å²) in [7, 11) is -3.35.